The zero-order chi connectivity index (χ0) is 17.6. The molecule has 24 heavy (non-hydrogen) atoms. The normalized spacial score (nSPS) is 17.9. The lowest BCUT2D eigenvalue weighted by Gasteiger charge is -2.35. The monoisotopic (exact) mass is 350 g/mol. The van der Waals surface area contributed by atoms with E-state index < -0.39 is 12.5 Å². The summed E-state index contributed by atoms with van der Waals surface area (Å²) in [5, 5.41) is 12.3. The molecule has 2 N–H and O–H groups in total. The second-order valence-electron chi connectivity index (χ2n) is 5.70. The third-order valence-corrected chi connectivity index (χ3v) is 3.98. The molecule has 4 nitrogen and oxygen atoms in total. The number of rotatable bonds is 8. The first-order chi connectivity index (χ1) is 11.4. The van der Waals surface area contributed by atoms with Gasteiger partial charge in [-0.05, 0) is 30.5 Å². The number of alkyl halides is 4. The van der Waals surface area contributed by atoms with Gasteiger partial charge >= 0.3 is 12.5 Å². The van der Waals surface area contributed by atoms with Gasteiger partial charge in [0.25, 0.3) is 0 Å². The molecule has 1 fully saturated rings. The van der Waals surface area contributed by atoms with Crippen molar-refractivity contribution in [2.24, 2.45) is 0 Å². The lowest BCUT2D eigenvalue weighted by atomic mass is 9.99. The number of nitrogens with one attached hydrogen (secondary N) is 1. The Morgan fingerprint density at radius 3 is 2.58 bits per heavy atom. The summed E-state index contributed by atoms with van der Waals surface area (Å²) in [6, 6.07) is 5.81. The molecular formula is C16H22F4N2O2. The van der Waals surface area contributed by atoms with Crippen LogP contribution in [0.2, 0.25) is 0 Å². The van der Waals surface area contributed by atoms with Crippen LogP contribution in [-0.2, 0) is 0 Å². The molecule has 1 saturated heterocycles. The smallest absolute Gasteiger partial charge is 0.428 e. The Morgan fingerprint density at radius 1 is 1.25 bits per heavy atom. The van der Waals surface area contributed by atoms with E-state index in [0.29, 0.717) is 18.4 Å². The van der Waals surface area contributed by atoms with Crippen LogP contribution in [0.3, 0.4) is 0 Å². The maximum absolute atomic E-state index is 13.1. The number of benzene rings is 1. The molecule has 1 aromatic carbocycles. The Balaban J connectivity index is 2.18. The molecule has 8 heteroatoms. The molecule has 0 aliphatic carbocycles. The molecule has 0 radical (unpaired) electrons. The van der Waals surface area contributed by atoms with Crippen molar-refractivity contribution in [3.05, 3.63) is 29.8 Å². The van der Waals surface area contributed by atoms with E-state index in [-0.39, 0.29) is 18.4 Å². The topological polar surface area (TPSA) is 44.7 Å². The van der Waals surface area contributed by atoms with Gasteiger partial charge in [-0.25, -0.2) is 0 Å². The Kier molecular flexibility index (Phi) is 6.82. The molecule has 0 bridgehead atoms. The van der Waals surface area contributed by atoms with Crippen molar-refractivity contribution >= 4 is 0 Å². The fourth-order valence-corrected chi connectivity index (χ4v) is 2.83. The molecule has 2 rings (SSSR count). The van der Waals surface area contributed by atoms with Crippen LogP contribution >= 0.6 is 0 Å². The maximum Gasteiger partial charge on any atom is 0.461 e. The van der Waals surface area contributed by atoms with Crippen molar-refractivity contribution in [1.29, 1.82) is 0 Å². The molecule has 136 valence electrons. The summed E-state index contributed by atoms with van der Waals surface area (Å²) in [4.78, 5) is 2.19. The number of aliphatic hydroxyl groups excluding tert-OH is 1. The summed E-state index contributed by atoms with van der Waals surface area (Å²) in [6.07, 6.45) is -7.20. The highest BCUT2D eigenvalue weighted by Gasteiger charge is 2.44. The standard InChI is InChI=1S/C16H22F4N2O2/c17-15(18)16(19,20)24-13-4-1-3-12(11-13)14(5-2-10-23)22-8-6-21-7-9-22/h1,3-4,11,14-15,21,23H,2,5-10H2/t14-/m1/s1. The first-order valence-electron chi connectivity index (χ1n) is 7.94. The molecular weight excluding hydrogens is 328 g/mol. The summed E-state index contributed by atoms with van der Waals surface area (Å²) in [6.45, 7) is 3.23. The van der Waals surface area contributed by atoms with Crippen molar-refractivity contribution in [1.82, 2.24) is 10.2 Å². The predicted octanol–water partition coefficient (Wildman–Crippen LogP) is 2.64. The number of halogens is 4. The molecule has 0 unspecified atom stereocenters. The van der Waals surface area contributed by atoms with Crippen LogP contribution in [-0.4, -0.2) is 55.3 Å². The third kappa shape index (κ3) is 5.06. The van der Waals surface area contributed by atoms with E-state index in [4.69, 9.17) is 5.11 Å². The van der Waals surface area contributed by atoms with Gasteiger partial charge in [0.2, 0.25) is 0 Å². The van der Waals surface area contributed by atoms with Crippen LogP contribution in [0.25, 0.3) is 0 Å². The van der Waals surface area contributed by atoms with Crippen LogP contribution in [0.1, 0.15) is 24.4 Å². The third-order valence-electron chi connectivity index (χ3n) is 3.98. The number of hydrogen-bond acceptors (Lipinski definition) is 4. The molecule has 0 amide bonds. The highest BCUT2D eigenvalue weighted by atomic mass is 19.3. The first kappa shape index (κ1) is 19.0. The summed E-state index contributed by atoms with van der Waals surface area (Å²) in [5.41, 5.74) is 0.716. The van der Waals surface area contributed by atoms with Crippen molar-refractivity contribution in [3.8, 4) is 5.75 Å². The fraction of sp³-hybridized carbons (Fsp3) is 0.625. The average Bonchev–Trinajstić information content (AvgIpc) is 2.56. The second kappa shape index (κ2) is 8.64. The molecule has 1 aliphatic heterocycles. The van der Waals surface area contributed by atoms with Gasteiger partial charge in [-0.3, -0.25) is 4.90 Å². The van der Waals surface area contributed by atoms with Crippen LogP contribution in [0.5, 0.6) is 5.75 Å². The van der Waals surface area contributed by atoms with Crippen LogP contribution in [0, 0.1) is 0 Å². The molecule has 0 aromatic heterocycles. The molecule has 1 aromatic rings. The average molecular weight is 350 g/mol. The number of piperazine rings is 1. The predicted molar refractivity (Wildman–Crippen MR) is 81.5 cm³/mol. The van der Waals surface area contributed by atoms with Gasteiger partial charge in [0, 0.05) is 38.8 Å². The zero-order valence-corrected chi connectivity index (χ0v) is 13.2. The molecule has 1 heterocycles. The highest BCUT2D eigenvalue weighted by molar-refractivity contribution is 5.31. The van der Waals surface area contributed by atoms with Crippen LogP contribution in [0.15, 0.2) is 24.3 Å². The number of ether oxygens (including phenoxy) is 1. The number of hydrogen-bond donors (Lipinski definition) is 2. The van der Waals surface area contributed by atoms with Gasteiger partial charge in [-0.1, -0.05) is 12.1 Å². The minimum atomic E-state index is -4.52. The van der Waals surface area contributed by atoms with Gasteiger partial charge in [0.1, 0.15) is 5.75 Å². The number of nitrogens with zero attached hydrogens (tertiary/aromatic N) is 1. The summed E-state index contributed by atoms with van der Waals surface area (Å²) in [5.74, 6) is -0.290. The van der Waals surface area contributed by atoms with E-state index in [1.807, 2.05) is 0 Å². The van der Waals surface area contributed by atoms with E-state index in [1.54, 1.807) is 6.07 Å². The molecule has 1 aliphatic rings. The van der Waals surface area contributed by atoms with Crippen molar-refractivity contribution < 1.29 is 27.4 Å². The van der Waals surface area contributed by atoms with Gasteiger partial charge < -0.3 is 15.2 Å². The van der Waals surface area contributed by atoms with E-state index >= 15 is 0 Å². The SMILES string of the molecule is OCCC[C@H](c1cccc(OC(F)(F)C(F)F)c1)N1CCNCC1. The largest absolute Gasteiger partial charge is 0.461 e. The van der Waals surface area contributed by atoms with E-state index in [2.05, 4.69) is 15.0 Å². The molecule has 0 spiro atoms. The van der Waals surface area contributed by atoms with E-state index in [0.717, 1.165) is 26.2 Å². The van der Waals surface area contributed by atoms with Gasteiger partial charge in [-0.15, -0.1) is 0 Å². The van der Waals surface area contributed by atoms with E-state index in [1.165, 1.54) is 18.2 Å². The van der Waals surface area contributed by atoms with E-state index in [9.17, 15) is 17.6 Å². The quantitative estimate of drug-likeness (QED) is 0.708. The lowest BCUT2D eigenvalue weighted by molar-refractivity contribution is -0.253. The van der Waals surface area contributed by atoms with Crippen molar-refractivity contribution in [2.45, 2.75) is 31.4 Å². The van der Waals surface area contributed by atoms with Gasteiger partial charge in [-0.2, -0.15) is 17.6 Å². The van der Waals surface area contributed by atoms with Crippen LogP contribution in [0.4, 0.5) is 17.6 Å². The summed E-state index contributed by atoms with van der Waals surface area (Å²) < 4.78 is 55.0. The minimum Gasteiger partial charge on any atom is -0.428 e. The molecule has 1 atom stereocenters. The summed E-state index contributed by atoms with van der Waals surface area (Å²) >= 11 is 0. The lowest BCUT2D eigenvalue weighted by Crippen LogP contribution is -2.45. The van der Waals surface area contributed by atoms with Gasteiger partial charge in [0.15, 0.2) is 0 Å². The first-order valence-corrected chi connectivity index (χ1v) is 7.94. The Morgan fingerprint density at radius 2 is 1.96 bits per heavy atom. The zero-order valence-electron chi connectivity index (χ0n) is 13.2. The Labute approximate surface area is 138 Å². The Bertz CT molecular complexity index is 511. The highest BCUT2D eigenvalue weighted by Crippen LogP contribution is 2.32. The maximum atomic E-state index is 13.1. The van der Waals surface area contributed by atoms with Crippen LogP contribution < -0.4 is 10.1 Å². The van der Waals surface area contributed by atoms with Crippen molar-refractivity contribution in [3.63, 3.8) is 0 Å². The number of aliphatic hydroxyl groups is 1. The van der Waals surface area contributed by atoms with Crippen molar-refractivity contribution in [2.75, 3.05) is 32.8 Å². The van der Waals surface area contributed by atoms with Gasteiger partial charge in [0.05, 0.1) is 0 Å². The Hall–Kier alpha value is -1.38. The molecule has 0 saturated carbocycles. The minimum absolute atomic E-state index is 0.0300. The fourth-order valence-electron chi connectivity index (χ4n) is 2.83. The second-order valence-corrected chi connectivity index (χ2v) is 5.70. The summed E-state index contributed by atoms with van der Waals surface area (Å²) in [7, 11) is 0.